The number of guanidine groups is 1. The highest BCUT2D eigenvalue weighted by Crippen LogP contribution is 2.10. The highest BCUT2D eigenvalue weighted by atomic mass is 32.1. The molecule has 24 heavy (non-hydrogen) atoms. The van der Waals surface area contributed by atoms with Crippen molar-refractivity contribution in [2.75, 3.05) is 21.1 Å². The molecule has 1 aromatic heterocycles. The molecule has 1 heterocycles. The van der Waals surface area contributed by atoms with Gasteiger partial charge in [-0.05, 0) is 24.6 Å². The zero-order valence-electron chi connectivity index (χ0n) is 14.5. The fraction of sp³-hybridized carbons (Fsp3) is 0.353. The van der Waals surface area contributed by atoms with Crippen molar-refractivity contribution in [1.82, 2.24) is 20.5 Å². The first kappa shape index (κ1) is 17.9. The zero-order chi connectivity index (χ0) is 17.5. The van der Waals surface area contributed by atoms with Gasteiger partial charge in [-0.25, -0.2) is 4.98 Å². The fourth-order valence-electron chi connectivity index (χ4n) is 2.07. The van der Waals surface area contributed by atoms with E-state index >= 15 is 0 Å². The molecule has 0 radical (unpaired) electrons. The molecule has 0 aliphatic rings. The zero-order valence-corrected chi connectivity index (χ0v) is 15.3. The average molecular weight is 345 g/mol. The lowest BCUT2D eigenvalue weighted by Gasteiger charge is -2.12. The van der Waals surface area contributed by atoms with E-state index in [1.165, 1.54) is 4.88 Å². The first-order valence-corrected chi connectivity index (χ1v) is 8.47. The predicted octanol–water partition coefficient (Wildman–Crippen LogP) is 2.02. The number of hydrogen-bond donors (Lipinski definition) is 2. The summed E-state index contributed by atoms with van der Waals surface area (Å²) in [6.45, 7) is 3.32. The van der Waals surface area contributed by atoms with E-state index in [9.17, 15) is 4.79 Å². The fourth-order valence-corrected chi connectivity index (χ4v) is 2.80. The minimum atomic E-state index is 0.00530. The lowest BCUT2D eigenvalue weighted by atomic mass is 10.1. The summed E-state index contributed by atoms with van der Waals surface area (Å²) in [5.41, 5.74) is 1.77. The summed E-state index contributed by atoms with van der Waals surface area (Å²) in [7, 11) is 5.23. The van der Waals surface area contributed by atoms with E-state index < -0.39 is 0 Å². The van der Waals surface area contributed by atoms with E-state index in [4.69, 9.17) is 0 Å². The molecule has 2 rings (SSSR count). The minimum absolute atomic E-state index is 0.00530. The third-order valence-electron chi connectivity index (χ3n) is 3.37. The number of aryl methyl sites for hydroxylation is 1. The number of aromatic nitrogens is 1. The van der Waals surface area contributed by atoms with Crippen LogP contribution in [0, 0.1) is 6.92 Å². The van der Waals surface area contributed by atoms with E-state index in [0.29, 0.717) is 18.7 Å². The first-order chi connectivity index (χ1) is 11.5. The van der Waals surface area contributed by atoms with E-state index in [2.05, 4.69) is 20.6 Å². The van der Waals surface area contributed by atoms with Crippen LogP contribution in [0.5, 0.6) is 0 Å². The van der Waals surface area contributed by atoms with Gasteiger partial charge < -0.3 is 15.5 Å². The molecule has 0 fully saturated rings. The summed E-state index contributed by atoms with van der Waals surface area (Å²) in [5.74, 6) is 0.724. The van der Waals surface area contributed by atoms with Crippen molar-refractivity contribution >= 4 is 23.2 Å². The number of amides is 1. The Morgan fingerprint density at radius 3 is 2.42 bits per heavy atom. The number of nitrogens with zero attached hydrogens (tertiary/aromatic N) is 3. The molecule has 0 atom stereocenters. The number of rotatable bonds is 5. The van der Waals surface area contributed by atoms with Crippen molar-refractivity contribution < 1.29 is 4.79 Å². The molecule has 2 N–H and O–H groups in total. The molecule has 0 aliphatic heterocycles. The molecular formula is C17H23N5OS. The summed E-state index contributed by atoms with van der Waals surface area (Å²) < 4.78 is 0. The van der Waals surface area contributed by atoms with Crippen LogP contribution >= 0.6 is 11.3 Å². The topological polar surface area (TPSA) is 69.6 Å². The third-order valence-corrected chi connectivity index (χ3v) is 4.28. The molecular weight excluding hydrogens is 322 g/mol. The normalized spacial score (nSPS) is 11.2. The third kappa shape index (κ3) is 5.06. The van der Waals surface area contributed by atoms with Crippen molar-refractivity contribution in [2.45, 2.75) is 20.0 Å². The number of aliphatic imine (C=N–C) groups is 1. The molecule has 1 aromatic carbocycles. The average Bonchev–Trinajstić information content (AvgIpc) is 3.00. The number of carbonyl (C=O) groups is 1. The quantitative estimate of drug-likeness (QED) is 0.642. The Labute approximate surface area is 146 Å². The second-order valence-corrected chi connectivity index (χ2v) is 6.86. The number of carbonyl (C=O) groups excluding carboxylic acids is 1. The maximum absolute atomic E-state index is 11.9. The molecule has 0 saturated carbocycles. The van der Waals surface area contributed by atoms with Gasteiger partial charge in [-0.2, -0.15) is 0 Å². The molecule has 0 aliphatic carbocycles. The highest BCUT2D eigenvalue weighted by molar-refractivity contribution is 7.11. The van der Waals surface area contributed by atoms with E-state index in [0.717, 1.165) is 16.5 Å². The van der Waals surface area contributed by atoms with Gasteiger partial charge in [0, 0.05) is 44.3 Å². The van der Waals surface area contributed by atoms with Crippen molar-refractivity contribution in [3.05, 3.63) is 51.5 Å². The Kier molecular flexibility index (Phi) is 6.31. The van der Waals surface area contributed by atoms with Crippen LogP contribution in [0.1, 0.15) is 25.8 Å². The second kappa shape index (κ2) is 8.44. The van der Waals surface area contributed by atoms with Gasteiger partial charge in [0.25, 0.3) is 5.91 Å². The predicted molar refractivity (Wildman–Crippen MR) is 98.3 cm³/mol. The van der Waals surface area contributed by atoms with Gasteiger partial charge in [-0.3, -0.25) is 9.79 Å². The molecule has 2 aromatic rings. The number of nitrogens with one attached hydrogen (secondary N) is 2. The maximum atomic E-state index is 11.9. The largest absolute Gasteiger partial charge is 0.352 e. The van der Waals surface area contributed by atoms with Crippen molar-refractivity contribution in [3.63, 3.8) is 0 Å². The Bertz CT molecular complexity index is 706. The molecule has 0 spiro atoms. The van der Waals surface area contributed by atoms with Crippen LogP contribution < -0.4 is 10.6 Å². The van der Waals surface area contributed by atoms with Crippen LogP contribution in [0.2, 0.25) is 0 Å². The maximum Gasteiger partial charge on any atom is 0.253 e. The Morgan fingerprint density at radius 2 is 1.88 bits per heavy atom. The van der Waals surface area contributed by atoms with Gasteiger partial charge in [0.05, 0.1) is 6.54 Å². The number of benzene rings is 1. The summed E-state index contributed by atoms with van der Waals surface area (Å²) in [6.07, 6.45) is 1.87. The van der Waals surface area contributed by atoms with Gasteiger partial charge in [0.1, 0.15) is 5.01 Å². The molecule has 128 valence electrons. The molecule has 0 unspecified atom stereocenters. The van der Waals surface area contributed by atoms with Gasteiger partial charge in [0.2, 0.25) is 0 Å². The highest BCUT2D eigenvalue weighted by Gasteiger charge is 2.07. The van der Waals surface area contributed by atoms with Crippen LogP contribution in [-0.2, 0) is 13.1 Å². The van der Waals surface area contributed by atoms with Gasteiger partial charge in [0.15, 0.2) is 5.96 Å². The van der Waals surface area contributed by atoms with Gasteiger partial charge in [-0.15, -0.1) is 11.3 Å². The molecule has 7 heteroatoms. The smallest absolute Gasteiger partial charge is 0.253 e. The minimum Gasteiger partial charge on any atom is -0.352 e. The van der Waals surface area contributed by atoms with Crippen molar-refractivity contribution in [3.8, 4) is 0 Å². The van der Waals surface area contributed by atoms with E-state index in [-0.39, 0.29) is 5.91 Å². The van der Waals surface area contributed by atoms with Crippen molar-refractivity contribution in [2.24, 2.45) is 4.99 Å². The Morgan fingerprint density at radius 1 is 1.21 bits per heavy atom. The summed E-state index contributed by atoms with van der Waals surface area (Å²) >= 11 is 1.67. The van der Waals surface area contributed by atoms with E-state index in [1.807, 2.05) is 37.4 Å². The first-order valence-electron chi connectivity index (χ1n) is 7.66. The summed E-state index contributed by atoms with van der Waals surface area (Å²) in [6, 6.07) is 7.57. The lowest BCUT2D eigenvalue weighted by Crippen LogP contribution is -2.36. The molecule has 6 nitrogen and oxygen atoms in total. The summed E-state index contributed by atoms with van der Waals surface area (Å²) in [4.78, 5) is 23.2. The van der Waals surface area contributed by atoms with Crippen LogP contribution in [0.4, 0.5) is 0 Å². The number of hydrogen-bond acceptors (Lipinski definition) is 4. The number of thiazole rings is 1. The van der Waals surface area contributed by atoms with Crippen LogP contribution in [-0.4, -0.2) is 42.9 Å². The van der Waals surface area contributed by atoms with E-state index in [1.54, 1.807) is 37.4 Å². The Hall–Kier alpha value is -2.41. The van der Waals surface area contributed by atoms with Crippen molar-refractivity contribution in [1.29, 1.82) is 0 Å². The standard InChI is InChI=1S/C17H23N5OS/c1-12-9-19-15(24-12)11-21-17(18-2)20-10-13-5-7-14(8-6-13)16(23)22(3)4/h5-9H,10-11H2,1-4H3,(H2,18,20,21). The monoisotopic (exact) mass is 345 g/mol. The second-order valence-electron chi connectivity index (χ2n) is 5.54. The van der Waals surface area contributed by atoms with Crippen LogP contribution in [0.15, 0.2) is 35.5 Å². The van der Waals surface area contributed by atoms with Gasteiger partial charge >= 0.3 is 0 Å². The molecule has 0 saturated heterocycles. The lowest BCUT2D eigenvalue weighted by molar-refractivity contribution is 0.0827. The SMILES string of the molecule is CN=C(NCc1ccc(C(=O)N(C)C)cc1)NCc1ncc(C)s1. The summed E-state index contributed by atoms with van der Waals surface area (Å²) in [5, 5.41) is 7.52. The Balaban J connectivity index is 1.85. The van der Waals surface area contributed by atoms with Gasteiger partial charge in [-0.1, -0.05) is 12.1 Å². The molecule has 0 bridgehead atoms. The molecule has 1 amide bonds. The van der Waals surface area contributed by atoms with Crippen LogP contribution in [0.3, 0.4) is 0 Å². The van der Waals surface area contributed by atoms with Crippen LogP contribution in [0.25, 0.3) is 0 Å².